The van der Waals surface area contributed by atoms with E-state index in [1.807, 2.05) is 44.2 Å². The maximum Gasteiger partial charge on any atom is 0.340 e. The van der Waals surface area contributed by atoms with Gasteiger partial charge in [-0.05, 0) is 55.0 Å². The van der Waals surface area contributed by atoms with E-state index in [0.717, 1.165) is 44.4 Å². The van der Waals surface area contributed by atoms with Crippen LogP contribution in [0.4, 0.5) is 0 Å². The maximum absolute atomic E-state index is 12.8. The molecule has 0 aliphatic heterocycles. The highest BCUT2D eigenvalue weighted by atomic mass is 16.5. The van der Waals surface area contributed by atoms with Crippen molar-refractivity contribution in [3.8, 4) is 5.75 Å². The number of furan rings is 1. The molecule has 0 unspecified atom stereocenters. The molecule has 4 rings (SSSR count). The first-order chi connectivity index (χ1) is 16.1. The molecule has 0 fully saturated rings. The Kier molecular flexibility index (Phi) is 6.26. The average molecular weight is 462 g/mol. The molecule has 0 aliphatic rings. The first kappa shape index (κ1) is 23.6. The van der Waals surface area contributed by atoms with E-state index in [2.05, 4.69) is 26.1 Å². The molecule has 4 aromatic rings. The zero-order chi connectivity index (χ0) is 24.6. The first-order valence-electron chi connectivity index (χ1n) is 11.5. The van der Waals surface area contributed by atoms with Crippen LogP contribution >= 0.6 is 0 Å². The van der Waals surface area contributed by atoms with E-state index in [9.17, 15) is 9.59 Å². The van der Waals surface area contributed by atoms with Crippen molar-refractivity contribution >= 4 is 27.8 Å². The molecular weight excluding hydrogens is 430 g/mol. The van der Waals surface area contributed by atoms with Crippen molar-refractivity contribution < 1.29 is 18.4 Å². The summed E-state index contributed by atoms with van der Waals surface area (Å²) in [6.45, 7) is 10.7. The molecule has 0 spiro atoms. The molecule has 2 heterocycles. The fraction of sp³-hybridized carbons (Fsp3) is 0.357. The van der Waals surface area contributed by atoms with Gasteiger partial charge in [0.15, 0.2) is 0 Å². The lowest BCUT2D eigenvalue weighted by Crippen LogP contribution is -2.29. The number of carbonyl (C=O) groups excluding carboxylic acids is 1. The molecule has 0 aliphatic carbocycles. The summed E-state index contributed by atoms with van der Waals surface area (Å²) in [7, 11) is 1.63. The average Bonchev–Trinajstić information content (AvgIpc) is 3.23. The third-order valence-electron chi connectivity index (χ3n) is 6.38. The quantitative estimate of drug-likeness (QED) is 0.391. The van der Waals surface area contributed by atoms with Crippen molar-refractivity contribution in [2.24, 2.45) is 0 Å². The van der Waals surface area contributed by atoms with Crippen LogP contribution in [-0.4, -0.2) is 19.6 Å². The van der Waals surface area contributed by atoms with Gasteiger partial charge in [0.25, 0.3) is 0 Å². The minimum absolute atomic E-state index is 0.0265. The van der Waals surface area contributed by atoms with Crippen LogP contribution in [0, 0.1) is 13.8 Å². The lowest BCUT2D eigenvalue weighted by molar-refractivity contribution is -0.120. The lowest BCUT2D eigenvalue weighted by atomic mass is 9.86. The monoisotopic (exact) mass is 461 g/mol. The van der Waals surface area contributed by atoms with Crippen LogP contribution in [0.1, 0.15) is 48.6 Å². The van der Waals surface area contributed by atoms with Crippen LogP contribution in [-0.2, 0) is 23.1 Å². The van der Waals surface area contributed by atoms with E-state index in [1.54, 1.807) is 13.4 Å². The number of methoxy groups -OCH3 is 1. The Morgan fingerprint density at radius 3 is 2.38 bits per heavy atom. The van der Waals surface area contributed by atoms with E-state index in [0.29, 0.717) is 24.1 Å². The zero-order valence-corrected chi connectivity index (χ0v) is 20.6. The van der Waals surface area contributed by atoms with Crippen LogP contribution in [0.25, 0.3) is 21.9 Å². The van der Waals surface area contributed by atoms with Crippen molar-refractivity contribution in [3.63, 3.8) is 0 Å². The third-order valence-corrected chi connectivity index (χ3v) is 6.38. The molecule has 0 saturated heterocycles. The summed E-state index contributed by atoms with van der Waals surface area (Å²) in [6, 6.07) is 9.75. The predicted molar refractivity (Wildman–Crippen MR) is 134 cm³/mol. The number of amides is 1. The van der Waals surface area contributed by atoms with Crippen molar-refractivity contribution in [1.29, 1.82) is 0 Å². The molecule has 2 aromatic carbocycles. The van der Waals surface area contributed by atoms with Gasteiger partial charge in [0.05, 0.1) is 25.4 Å². The Bertz CT molecular complexity index is 1420. The number of aryl methyl sites for hydroxylation is 2. The Morgan fingerprint density at radius 1 is 1.03 bits per heavy atom. The minimum Gasteiger partial charge on any atom is -0.497 e. The smallest absolute Gasteiger partial charge is 0.340 e. The van der Waals surface area contributed by atoms with Crippen molar-refractivity contribution in [2.45, 2.75) is 52.9 Å². The third kappa shape index (κ3) is 4.45. The number of carbonyl (C=O) groups is 1. The number of nitrogens with one attached hydrogen (secondary N) is 1. The van der Waals surface area contributed by atoms with Gasteiger partial charge in [-0.2, -0.15) is 0 Å². The summed E-state index contributed by atoms with van der Waals surface area (Å²) in [5.41, 5.74) is 4.78. The van der Waals surface area contributed by atoms with Gasteiger partial charge in [-0.25, -0.2) is 4.79 Å². The second-order valence-electron chi connectivity index (χ2n) is 9.77. The number of hydrogen-bond acceptors (Lipinski definition) is 5. The summed E-state index contributed by atoms with van der Waals surface area (Å²) < 4.78 is 16.7. The summed E-state index contributed by atoms with van der Waals surface area (Å²) >= 11 is 0. The molecular formula is C28H31NO5. The predicted octanol–water partition coefficient (Wildman–Crippen LogP) is 5.36. The van der Waals surface area contributed by atoms with Crippen LogP contribution in [0.5, 0.6) is 5.75 Å². The fourth-order valence-electron chi connectivity index (χ4n) is 4.34. The van der Waals surface area contributed by atoms with E-state index < -0.39 is 5.63 Å². The molecule has 178 valence electrons. The number of benzene rings is 2. The maximum atomic E-state index is 12.8. The summed E-state index contributed by atoms with van der Waals surface area (Å²) in [5.74, 6) is 0.587. The highest BCUT2D eigenvalue weighted by molar-refractivity contribution is 6.00. The summed E-state index contributed by atoms with van der Waals surface area (Å²) in [6.07, 6.45) is 2.44. The zero-order valence-electron chi connectivity index (χ0n) is 20.6. The van der Waals surface area contributed by atoms with Crippen molar-refractivity contribution in [2.75, 3.05) is 13.7 Å². The standard InChI is InChI=1S/C28H31NO5/c1-16-20-13-22-23(28(3,4)5)15-33-25(22)17(2)26(20)34-27(31)21(16)14-24(30)29-12-11-18-7-9-19(32-6)10-8-18/h7-10,13,15H,11-12,14H2,1-6H3,(H,29,30). The molecule has 34 heavy (non-hydrogen) atoms. The second kappa shape index (κ2) is 9.01. The van der Waals surface area contributed by atoms with Crippen molar-refractivity contribution in [1.82, 2.24) is 5.32 Å². The Hall–Kier alpha value is -3.54. The topological polar surface area (TPSA) is 81.7 Å². The molecule has 1 amide bonds. The van der Waals surface area contributed by atoms with Gasteiger partial charge < -0.3 is 18.9 Å². The highest BCUT2D eigenvalue weighted by Crippen LogP contribution is 2.37. The largest absolute Gasteiger partial charge is 0.497 e. The minimum atomic E-state index is -0.486. The highest BCUT2D eigenvalue weighted by Gasteiger charge is 2.24. The molecule has 0 saturated carbocycles. The molecule has 1 N–H and O–H groups in total. The van der Waals surface area contributed by atoms with Crippen LogP contribution in [0.15, 0.2) is 50.2 Å². The van der Waals surface area contributed by atoms with E-state index in [1.165, 1.54) is 0 Å². The number of rotatable bonds is 6. The molecule has 0 atom stereocenters. The van der Waals surface area contributed by atoms with Gasteiger partial charge >= 0.3 is 5.63 Å². The van der Waals surface area contributed by atoms with Gasteiger partial charge in [0.1, 0.15) is 16.9 Å². The number of hydrogen-bond donors (Lipinski definition) is 1. The molecule has 6 heteroatoms. The van der Waals surface area contributed by atoms with E-state index in [-0.39, 0.29) is 17.7 Å². The van der Waals surface area contributed by atoms with E-state index in [4.69, 9.17) is 13.6 Å². The number of ether oxygens (including phenoxy) is 1. The Labute approximate surface area is 198 Å². The summed E-state index contributed by atoms with van der Waals surface area (Å²) in [4.78, 5) is 25.4. The fourth-order valence-corrected chi connectivity index (χ4v) is 4.34. The van der Waals surface area contributed by atoms with Gasteiger partial charge in [-0.15, -0.1) is 0 Å². The van der Waals surface area contributed by atoms with Crippen LogP contribution < -0.4 is 15.7 Å². The SMILES string of the molecule is COc1ccc(CCNC(=O)Cc2c(C)c3cc4c(C(C)(C)C)coc4c(C)c3oc2=O)cc1. The first-order valence-corrected chi connectivity index (χ1v) is 11.5. The van der Waals surface area contributed by atoms with Crippen LogP contribution in [0.3, 0.4) is 0 Å². The van der Waals surface area contributed by atoms with Gasteiger partial charge in [0.2, 0.25) is 5.91 Å². The molecule has 0 radical (unpaired) electrons. The van der Waals surface area contributed by atoms with Crippen LogP contribution in [0.2, 0.25) is 0 Å². The number of fused-ring (bicyclic) bond motifs is 2. The van der Waals surface area contributed by atoms with Gasteiger partial charge in [-0.1, -0.05) is 32.9 Å². The molecule has 6 nitrogen and oxygen atoms in total. The molecule has 0 bridgehead atoms. The van der Waals surface area contributed by atoms with Gasteiger partial charge in [0, 0.05) is 28.4 Å². The van der Waals surface area contributed by atoms with E-state index >= 15 is 0 Å². The second-order valence-corrected chi connectivity index (χ2v) is 9.77. The molecule has 2 aromatic heterocycles. The lowest BCUT2D eigenvalue weighted by Gasteiger charge is -2.17. The van der Waals surface area contributed by atoms with Crippen molar-refractivity contribution in [3.05, 3.63) is 74.8 Å². The Morgan fingerprint density at radius 2 is 1.74 bits per heavy atom. The normalized spacial score (nSPS) is 11.8. The summed E-state index contributed by atoms with van der Waals surface area (Å²) in [5, 5.41) is 4.75. The Balaban J connectivity index is 1.58. The van der Waals surface area contributed by atoms with Gasteiger partial charge in [-0.3, -0.25) is 4.79 Å².